The first kappa shape index (κ1) is 15.1. The summed E-state index contributed by atoms with van der Waals surface area (Å²) in [7, 11) is 0. The van der Waals surface area contributed by atoms with Gasteiger partial charge in [0.25, 0.3) is 5.91 Å². The standard InChI is InChI=1S/C14H24N4OS/c1-4-18(10-7-5-6-8-10)13(19)11-12(15)17-14(20-11)16-9(2)3/h9-10H,4-8,15H2,1-3H3,(H,16,17). The number of anilines is 2. The number of carbonyl (C=O) groups excluding carboxylic acids is 1. The number of rotatable bonds is 5. The zero-order valence-electron chi connectivity index (χ0n) is 12.5. The van der Waals surface area contributed by atoms with Crippen molar-refractivity contribution in [3.8, 4) is 0 Å². The number of carbonyl (C=O) groups is 1. The lowest BCUT2D eigenvalue weighted by molar-refractivity contribution is 0.0699. The van der Waals surface area contributed by atoms with Crippen molar-refractivity contribution in [3.63, 3.8) is 0 Å². The van der Waals surface area contributed by atoms with Crippen LogP contribution >= 0.6 is 11.3 Å². The van der Waals surface area contributed by atoms with Gasteiger partial charge in [-0.25, -0.2) is 4.98 Å². The van der Waals surface area contributed by atoms with Crippen LogP contribution in [0.25, 0.3) is 0 Å². The highest BCUT2D eigenvalue weighted by Gasteiger charge is 2.29. The molecule has 0 bridgehead atoms. The highest BCUT2D eigenvalue weighted by molar-refractivity contribution is 7.18. The maximum atomic E-state index is 12.7. The molecular formula is C14H24N4OS. The van der Waals surface area contributed by atoms with Gasteiger partial charge in [-0.3, -0.25) is 4.79 Å². The summed E-state index contributed by atoms with van der Waals surface area (Å²) in [6.07, 6.45) is 4.64. The Morgan fingerprint density at radius 2 is 2.15 bits per heavy atom. The van der Waals surface area contributed by atoms with Gasteiger partial charge in [-0.05, 0) is 33.6 Å². The molecule has 112 valence electrons. The van der Waals surface area contributed by atoms with Crippen LogP contribution in [0.4, 0.5) is 10.9 Å². The van der Waals surface area contributed by atoms with Crippen molar-refractivity contribution in [2.45, 2.75) is 58.5 Å². The van der Waals surface area contributed by atoms with Gasteiger partial charge in [0.15, 0.2) is 5.13 Å². The van der Waals surface area contributed by atoms with E-state index < -0.39 is 0 Å². The molecule has 1 heterocycles. The first-order valence-electron chi connectivity index (χ1n) is 7.36. The third kappa shape index (κ3) is 3.23. The third-order valence-electron chi connectivity index (χ3n) is 3.63. The minimum atomic E-state index is 0.0335. The Labute approximate surface area is 124 Å². The van der Waals surface area contributed by atoms with Crippen LogP contribution in [-0.2, 0) is 0 Å². The summed E-state index contributed by atoms with van der Waals surface area (Å²) >= 11 is 1.36. The maximum Gasteiger partial charge on any atom is 0.268 e. The zero-order chi connectivity index (χ0) is 14.7. The highest BCUT2D eigenvalue weighted by atomic mass is 32.1. The predicted molar refractivity (Wildman–Crippen MR) is 84.3 cm³/mol. The summed E-state index contributed by atoms with van der Waals surface area (Å²) in [5.41, 5.74) is 5.92. The molecule has 20 heavy (non-hydrogen) atoms. The molecule has 6 heteroatoms. The van der Waals surface area contributed by atoms with Crippen molar-refractivity contribution in [2.24, 2.45) is 0 Å². The second-order valence-electron chi connectivity index (χ2n) is 5.56. The van der Waals surface area contributed by atoms with Crippen LogP contribution in [0.1, 0.15) is 56.1 Å². The number of hydrogen-bond donors (Lipinski definition) is 2. The lowest BCUT2D eigenvalue weighted by Gasteiger charge is -2.27. The second-order valence-corrected chi connectivity index (χ2v) is 6.56. The first-order valence-corrected chi connectivity index (χ1v) is 8.18. The van der Waals surface area contributed by atoms with Crippen molar-refractivity contribution in [3.05, 3.63) is 4.88 Å². The molecule has 0 spiro atoms. The molecule has 0 atom stereocenters. The Morgan fingerprint density at radius 1 is 1.50 bits per heavy atom. The van der Waals surface area contributed by atoms with Gasteiger partial charge >= 0.3 is 0 Å². The maximum absolute atomic E-state index is 12.7. The molecule has 1 fully saturated rings. The third-order valence-corrected chi connectivity index (χ3v) is 4.62. The fraction of sp³-hybridized carbons (Fsp3) is 0.714. The largest absolute Gasteiger partial charge is 0.382 e. The van der Waals surface area contributed by atoms with Crippen LogP contribution in [0.3, 0.4) is 0 Å². The molecule has 3 N–H and O–H groups in total. The number of aromatic nitrogens is 1. The summed E-state index contributed by atoms with van der Waals surface area (Å²) < 4.78 is 0. The molecule has 1 aliphatic rings. The van der Waals surface area contributed by atoms with E-state index in [1.807, 2.05) is 25.7 Å². The molecule has 0 radical (unpaired) electrons. The minimum absolute atomic E-state index is 0.0335. The fourth-order valence-electron chi connectivity index (χ4n) is 2.71. The molecule has 0 saturated heterocycles. The first-order chi connectivity index (χ1) is 9.52. The number of amides is 1. The molecule has 0 aromatic carbocycles. The van der Waals surface area contributed by atoms with Gasteiger partial charge in [0.05, 0.1) is 0 Å². The summed E-state index contributed by atoms with van der Waals surface area (Å²) in [5.74, 6) is 0.380. The van der Waals surface area contributed by atoms with Crippen LogP contribution in [0.2, 0.25) is 0 Å². The lowest BCUT2D eigenvalue weighted by Crippen LogP contribution is -2.38. The Hall–Kier alpha value is -1.30. The number of nitrogen functional groups attached to an aromatic ring is 1. The number of hydrogen-bond acceptors (Lipinski definition) is 5. The average molecular weight is 296 g/mol. The summed E-state index contributed by atoms with van der Waals surface area (Å²) in [5, 5.41) is 3.93. The van der Waals surface area contributed by atoms with Crippen LogP contribution in [-0.4, -0.2) is 34.4 Å². The van der Waals surface area contributed by atoms with E-state index in [4.69, 9.17) is 5.73 Å². The van der Waals surface area contributed by atoms with E-state index in [9.17, 15) is 4.79 Å². The number of thiazole rings is 1. The van der Waals surface area contributed by atoms with Crippen LogP contribution in [0, 0.1) is 0 Å². The van der Waals surface area contributed by atoms with E-state index in [0.29, 0.717) is 16.7 Å². The van der Waals surface area contributed by atoms with Crippen molar-refractivity contribution >= 4 is 28.2 Å². The van der Waals surface area contributed by atoms with Gasteiger partial charge in [0, 0.05) is 18.6 Å². The molecule has 1 aromatic rings. The molecule has 0 unspecified atom stereocenters. The summed E-state index contributed by atoms with van der Waals surface area (Å²) in [4.78, 5) is 19.4. The van der Waals surface area contributed by atoms with Gasteiger partial charge in [-0.15, -0.1) is 0 Å². The van der Waals surface area contributed by atoms with Gasteiger partial charge in [-0.1, -0.05) is 24.2 Å². The summed E-state index contributed by atoms with van der Waals surface area (Å²) in [6.45, 7) is 6.83. The van der Waals surface area contributed by atoms with Crippen LogP contribution in [0.15, 0.2) is 0 Å². The molecule has 1 amide bonds. The zero-order valence-corrected chi connectivity index (χ0v) is 13.3. The smallest absolute Gasteiger partial charge is 0.268 e. The SMILES string of the molecule is CCN(C(=O)c1sc(NC(C)C)nc1N)C1CCCC1. The Bertz CT molecular complexity index is 466. The average Bonchev–Trinajstić information content (AvgIpc) is 2.99. The Balaban J connectivity index is 2.16. The monoisotopic (exact) mass is 296 g/mol. The topological polar surface area (TPSA) is 71.2 Å². The van der Waals surface area contributed by atoms with E-state index in [1.54, 1.807) is 0 Å². The van der Waals surface area contributed by atoms with Crippen LogP contribution < -0.4 is 11.1 Å². The normalized spacial score (nSPS) is 15.8. The molecular weight excluding hydrogens is 272 g/mol. The minimum Gasteiger partial charge on any atom is -0.382 e. The van der Waals surface area contributed by atoms with E-state index in [2.05, 4.69) is 10.3 Å². The van der Waals surface area contributed by atoms with Crippen molar-refractivity contribution < 1.29 is 4.79 Å². The van der Waals surface area contributed by atoms with E-state index in [-0.39, 0.29) is 11.9 Å². The van der Waals surface area contributed by atoms with Crippen molar-refractivity contribution in [1.29, 1.82) is 0 Å². The second kappa shape index (κ2) is 6.43. The lowest BCUT2D eigenvalue weighted by atomic mass is 10.2. The molecule has 2 rings (SSSR count). The van der Waals surface area contributed by atoms with Crippen molar-refractivity contribution in [2.75, 3.05) is 17.6 Å². The van der Waals surface area contributed by atoms with Gasteiger partial charge in [0.2, 0.25) is 0 Å². The molecule has 1 aromatic heterocycles. The Kier molecular flexibility index (Phi) is 4.86. The van der Waals surface area contributed by atoms with Crippen molar-refractivity contribution in [1.82, 2.24) is 9.88 Å². The fourth-order valence-corrected chi connectivity index (χ4v) is 3.69. The predicted octanol–water partition coefficient (Wildman–Crippen LogP) is 2.95. The van der Waals surface area contributed by atoms with Gasteiger partial charge in [0.1, 0.15) is 10.7 Å². The molecule has 1 saturated carbocycles. The number of nitrogens with zero attached hydrogens (tertiary/aromatic N) is 2. The number of nitrogens with one attached hydrogen (secondary N) is 1. The van der Waals surface area contributed by atoms with E-state index >= 15 is 0 Å². The Morgan fingerprint density at radius 3 is 2.70 bits per heavy atom. The van der Waals surface area contributed by atoms with Gasteiger partial charge < -0.3 is 16.0 Å². The quantitative estimate of drug-likeness (QED) is 0.876. The molecule has 0 aliphatic heterocycles. The van der Waals surface area contributed by atoms with E-state index in [0.717, 1.165) is 24.5 Å². The summed E-state index contributed by atoms with van der Waals surface area (Å²) in [6, 6.07) is 0.649. The molecule has 5 nitrogen and oxygen atoms in total. The highest BCUT2D eigenvalue weighted by Crippen LogP contribution is 2.30. The van der Waals surface area contributed by atoms with Crippen LogP contribution in [0.5, 0.6) is 0 Å². The van der Waals surface area contributed by atoms with E-state index in [1.165, 1.54) is 24.2 Å². The molecule has 1 aliphatic carbocycles. The number of nitrogens with two attached hydrogens (primary N) is 1. The van der Waals surface area contributed by atoms with Gasteiger partial charge in [-0.2, -0.15) is 0 Å².